The smallest absolute Gasteiger partial charge is 0.137 e. The van der Waals surface area contributed by atoms with Crippen molar-refractivity contribution in [1.29, 1.82) is 0 Å². The SMILES string of the molecule is CCc1ccc(C(C)(O)c2cncc(OC)c2)cc1. The van der Waals surface area contributed by atoms with Crippen LogP contribution in [0.5, 0.6) is 5.75 Å². The lowest BCUT2D eigenvalue weighted by Crippen LogP contribution is -2.23. The summed E-state index contributed by atoms with van der Waals surface area (Å²) in [6.45, 7) is 3.88. The van der Waals surface area contributed by atoms with Gasteiger partial charge in [-0.15, -0.1) is 0 Å². The fourth-order valence-corrected chi connectivity index (χ4v) is 2.03. The van der Waals surface area contributed by atoms with Crippen molar-refractivity contribution in [2.75, 3.05) is 7.11 Å². The molecule has 0 saturated carbocycles. The van der Waals surface area contributed by atoms with Gasteiger partial charge in [-0.1, -0.05) is 31.2 Å². The normalized spacial score (nSPS) is 13.9. The van der Waals surface area contributed by atoms with Gasteiger partial charge < -0.3 is 9.84 Å². The number of hydrogen-bond acceptors (Lipinski definition) is 3. The average molecular weight is 257 g/mol. The van der Waals surface area contributed by atoms with Crippen LogP contribution in [0.1, 0.15) is 30.5 Å². The van der Waals surface area contributed by atoms with Crippen LogP contribution in [-0.2, 0) is 12.0 Å². The summed E-state index contributed by atoms with van der Waals surface area (Å²) < 4.78 is 5.15. The lowest BCUT2D eigenvalue weighted by atomic mass is 9.88. The fraction of sp³-hybridized carbons (Fsp3) is 0.312. The number of pyridine rings is 1. The van der Waals surface area contributed by atoms with E-state index in [-0.39, 0.29) is 0 Å². The Bertz CT molecular complexity index is 547. The van der Waals surface area contributed by atoms with E-state index in [1.165, 1.54) is 5.56 Å². The van der Waals surface area contributed by atoms with Crippen LogP contribution in [0.2, 0.25) is 0 Å². The molecule has 1 atom stereocenters. The minimum atomic E-state index is -1.08. The highest BCUT2D eigenvalue weighted by Crippen LogP contribution is 2.30. The lowest BCUT2D eigenvalue weighted by Gasteiger charge is -2.24. The van der Waals surface area contributed by atoms with Crippen molar-refractivity contribution >= 4 is 0 Å². The van der Waals surface area contributed by atoms with Gasteiger partial charge in [-0.3, -0.25) is 4.98 Å². The Morgan fingerprint density at radius 1 is 1.16 bits per heavy atom. The van der Waals surface area contributed by atoms with Crippen molar-refractivity contribution in [3.05, 3.63) is 59.4 Å². The van der Waals surface area contributed by atoms with Gasteiger partial charge in [0.15, 0.2) is 0 Å². The molecule has 1 unspecified atom stereocenters. The van der Waals surface area contributed by atoms with Crippen molar-refractivity contribution in [3.8, 4) is 5.75 Å². The van der Waals surface area contributed by atoms with E-state index in [2.05, 4.69) is 11.9 Å². The molecule has 0 spiro atoms. The molecule has 0 aliphatic carbocycles. The van der Waals surface area contributed by atoms with Gasteiger partial charge in [0.25, 0.3) is 0 Å². The minimum absolute atomic E-state index is 0.642. The Morgan fingerprint density at radius 2 is 1.84 bits per heavy atom. The van der Waals surface area contributed by atoms with Crippen LogP contribution in [0.3, 0.4) is 0 Å². The van der Waals surface area contributed by atoms with Gasteiger partial charge in [0, 0.05) is 11.8 Å². The predicted octanol–water partition coefficient (Wildman–Crippen LogP) is 2.91. The highest BCUT2D eigenvalue weighted by molar-refractivity contribution is 5.38. The van der Waals surface area contributed by atoms with Crippen molar-refractivity contribution in [2.24, 2.45) is 0 Å². The maximum atomic E-state index is 10.7. The summed E-state index contributed by atoms with van der Waals surface area (Å²) in [5.41, 5.74) is 1.74. The second-order valence-corrected chi connectivity index (χ2v) is 4.74. The Kier molecular flexibility index (Phi) is 3.86. The van der Waals surface area contributed by atoms with E-state index in [0.29, 0.717) is 5.75 Å². The van der Waals surface area contributed by atoms with E-state index in [0.717, 1.165) is 17.5 Å². The molecule has 1 N–H and O–H groups in total. The summed E-state index contributed by atoms with van der Waals surface area (Å²) in [7, 11) is 1.59. The molecule has 3 nitrogen and oxygen atoms in total. The van der Waals surface area contributed by atoms with Gasteiger partial charge in [0.2, 0.25) is 0 Å². The van der Waals surface area contributed by atoms with E-state index < -0.39 is 5.60 Å². The summed E-state index contributed by atoms with van der Waals surface area (Å²) in [6, 6.07) is 9.80. The third-order valence-corrected chi connectivity index (χ3v) is 3.44. The Balaban J connectivity index is 2.38. The van der Waals surface area contributed by atoms with Crippen molar-refractivity contribution in [3.63, 3.8) is 0 Å². The van der Waals surface area contributed by atoms with E-state index in [4.69, 9.17) is 4.74 Å². The van der Waals surface area contributed by atoms with Gasteiger partial charge in [0.1, 0.15) is 11.4 Å². The first-order chi connectivity index (χ1) is 9.07. The molecule has 1 heterocycles. The molecular weight excluding hydrogens is 238 g/mol. The molecule has 19 heavy (non-hydrogen) atoms. The van der Waals surface area contributed by atoms with Crippen LogP contribution < -0.4 is 4.74 Å². The highest BCUT2D eigenvalue weighted by Gasteiger charge is 2.26. The topological polar surface area (TPSA) is 42.4 Å². The molecule has 2 aromatic rings. The molecule has 0 aliphatic rings. The van der Waals surface area contributed by atoms with Gasteiger partial charge in [-0.25, -0.2) is 0 Å². The van der Waals surface area contributed by atoms with Crippen LogP contribution in [-0.4, -0.2) is 17.2 Å². The first kappa shape index (κ1) is 13.6. The first-order valence-corrected chi connectivity index (χ1v) is 6.39. The molecule has 100 valence electrons. The minimum Gasteiger partial charge on any atom is -0.495 e. The molecule has 0 radical (unpaired) electrons. The molecule has 2 rings (SSSR count). The number of methoxy groups -OCH3 is 1. The Labute approximate surface area is 113 Å². The maximum absolute atomic E-state index is 10.7. The summed E-state index contributed by atoms with van der Waals surface area (Å²) >= 11 is 0. The highest BCUT2D eigenvalue weighted by atomic mass is 16.5. The second-order valence-electron chi connectivity index (χ2n) is 4.74. The lowest BCUT2D eigenvalue weighted by molar-refractivity contribution is 0.101. The number of aliphatic hydroxyl groups is 1. The van der Waals surface area contributed by atoms with Crippen LogP contribution >= 0.6 is 0 Å². The van der Waals surface area contributed by atoms with E-state index in [1.807, 2.05) is 24.3 Å². The zero-order valence-corrected chi connectivity index (χ0v) is 11.6. The number of aromatic nitrogens is 1. The molecule has 0 saturated heterocycles. The zero-order valence-electron chi connectivity index (χ0n) is 11.6. The molecular formula is C16H19NO2. The largest absolute Gasteiger partial charge is 0.495 e. The summed E-state index contributed by atoms with van der Waals surface area (Å²) in [5, 5.41) is 10.7. The average Bonchev–Trinajstić information content (AvgIpc) is 2.47. The van der Waals surface area contributed by atoms with Gasteiger partial charge >= 0.3 is 0 Å². The predicted molar refractivity (Wildman–Crippen MR) is 75.3 cm³/mol. The molecule has 0 aliphatic heterocycles. The molecule has 0 amide bonds. The van der Waals surface area contributed by atoms with E-state index in [1.54, 1.807) is 32.5 Å². The number of rotatable bonds is 4. The number of aryl methyl sites for hydroxylation is 1. The number of hydrogen-bond donors (Lipinski definition) is 1. The van der Waals surface area contributed by atoms with Crippen LogP contribution in [0.15, 0.2) is 42.7 Å². The van der Waals surface area contributed by atoms with Gasteiger partial charge in [-0.05, 0) is 30.5 Å². The standard InChI is InChI=1S/C16H19NO2/c1-4-12-5-7-13(8-6-12)16(2,18)14-9-15(19-3)11-17-10-14/h5-11,18H,4H2,1-3H3. The summed E-state index contributed by atoms with van der Waals surface area (Å²) in [4.78, 5) is 4.10. The third-order valence-electron chi connectivity index (χ3n) is 3.44. The molecule has 1 aromatic carbocycles. The molecule has 0 bridgehead atoms. The monoisotopic (exact) mass is 257 g/mol. The number of benzene rings is 1. The molecule has 3 heteroatoms. The number of nitrogens with zero attached hydrogens (tertiary/aromatic N) is 1. The number of ether oxygens (including phenoxy) is 1. The molecule has 0 fully saturated rings. The van der Waals surface area contributed by atoms with Crippen LogP contribution in [0.4, 0.5) is 0 Å². The Morgan fingerprint density at radius 3 is 2.42 bits per heavy atom. The second kappa shape index (κ2) is 5.41. The fourth-order valence-electron chi connectivity index (χ4n) is 2.03. The van der Waals surface area contributed by atoms with Crippen LogP contribution in [0.25, 0.3) is 0 Å². The molecule has 1 aromatic heterocycles. The summed E-state index contributed by atoms with van der Waals surface area (Å²) in [6.07, 6.45) is 4.28. The van der Waals surface area contributed by atoms with Gasteiger partial charge in [-0.2, -0.15) is 0 Å². The maximum Gasteiger partial charge on any atom is 0.137 e. The van der Waals surface area contributed by atoms with Crippen LogP contribution in [0, 0.1) is 0 Å². The zero-order chi connectivity index (χ0) is 13.9. The van der Waals surface area contributed by atoms with Crippen molar-refractivity contribution in [1.82, 2.24) is 4.98 Å². The van der Waals surface area contributed by atoms with Crippen molar-refractivity contribution < 1.29 is 9.84 Å². The van der Waals surface area contributed by atoms with E-state index in [9.17, 15) is 5.11 Å². The van der Waals surface area contributed by atoms with Gasteiger partial charge in [0.05, 0.1) is 13.3 Å². The van der Waals surface area contributed by atoms with E-state index >= 15 is 0 Å². The third kappa shape index (κ3) is 2.76. The Hall–Kier alpha value is -1.87. The summed E-state index contributed by atoms with van der Waals surface area (Å²) in [5.74, 6) is 0.642. The quantitative estimate of drug-likeness (QED) is 0.915. The first-order valence-electron chi connectivity index (χ1n) is 6.39. The van der Waals surface area contributed by atoms with Crippen molar-refractivity contribution in [2.45, 2.75) is 25.9 Å².